The second kappa shape index (κ2) is 10.7. The number of piperidine rings is 2. The maximum Gasteiger partial charge on any atom is 0.255 e. The maximum atomic E-state index is 13.0. The summed E-state index contributed by atoms with van der Waals surface area (Å²) in [6, 6.07) is 11.6. The van der Waals surface area contributed by atoms with Crippen molar-refractivity contribution in [3.05, 3.63) is 47.7 Å². The van der Waals surface area contributed by atoms with Gasteiger partial charge in [0.05, 0.1) is 24.9 Å². The molecule has 1 aromatic heterocycles. The van der Waals surface area contributed by atoms with Gasteiger partial charge in [0.2, 0.25) is 0 Å². The molecule has 40 heavy (non-hydrogen) atoms. The molecule has 2 saturated carbocycles. The number of carbonyl (C=O) groups is 1. The van der Waals surface area contributed by atoms with Crippen LogP contribution in [0.3, 0.4) is 0 Å². The van der Waals surface area contributed by atoms with Gasteiger partial charge in [-0.25, -0.2) is 4.98 Å². The molecule has 1 aromatic carbocycles. The van der Waals surface area contributed by atoms with Crippen LogP contribution in [0, 0.1) is 11.8 Å². The van der Waals surface area contributed by atoms with Gasteiger partial charge in [-0.2, -0.15) is 0 Å². The lowest BCUT2D eigenvalue weighted by Crippen LogP contribution is -2.48. The molecule has 2 aromatic rings. The van der Waals surface area contributed by atoms with Crippen molar-refractivity contribution in [2.45, 2.75) is 68.5 Å². The van der Waals surface area contributed by atoms with Gasteiger partial charge in [-0.3, -0.25) is 9.69 Å². The molecule has 0 unspecified atom stereocenters. The Morgan fingerprint density at radius 3 is 2.52 bits per heavy atom. The number of benzene rings is 1. The van der Waals surface area contributed by atoms with E-state index in [0.29, 0.717) is 11.0 Å². The summed E-state index contributed by atoms with van der Waals surface area (Å²) in [5.41, 5.74) is 10.3. The zero-order chi connectivity index (χ0) is 27.3. The summed E-state index contributed by atoms with van der Waals surface area (Å²) in [7, 11) is 0. The third-order valence-corrected chi connectivity index (χ3v) is 10.5. The van der Waals surface area contributed by atoms with Crippen LogP contribution in [0.1, 0.15) is 60.9 Å². The van der Waals surface area contributed by atoms with Gasteiger partial charge in [0.15, 0.2) is 0 Å². The van der Waals surface area contributed by atoms with Crippen molar-refractivity contribution in [3.63, 3.8) is 0 Å². The van der Waals surface area contributed by atoms with Gasteiger partial charge in [0.25, 0.3) is 5.91 Å². The molecular formula is C32H43N5O3. The second-order valence-electron chi connectivity index (χ2n) is 13.1. The van der Waals surface area contributed by atoms with Gasteiger partial charge < -0.3 is 25.8 Å². The van der Waals surface area contributed by atoms with Crippen LogP contribution < -0.4 is 11.1 Å². The molecule has 3 saturated heterocycles. The zero-order valence-corrected chi connectivity index (χ0v) is 23.4. The lowest BCUT2D eigenvalue weighted by Gasteiger charge is -2.40. The van der Waals surface area contributed by atoms with Gasteiger partial charge in [-0.05, 0) is 81.1 Å². The number of nitrogens with zero attached hydrogens (tertiary/aromatic N) is 3. The van der Waals surface area contributed by atoms with Crippen LogP contribution in [0.2, 0.25) is 0 Å². The molecule has 214 valence electrons. The van der Waals surface area contributed by atoms with Crippen molar-refractivity contribution in [2.75, 3.05) is 51.7 Å². The molecule has 3 aliphatic heterocycles. The number of hydrogen-bond donors (Lipinski definition) is 3. The van der Waals surface area contributed by atoms with E-state index in [1.165, 1.54) is 57.5 Å². The number of hydrogen-bond acceptors (Lipinski definition) is 7. The highest BCUT2D eigenvalue weighted by molar-refractivity contribution is 5.99. The predicted molar refractivity (Wildman–Crippen MR) is 155 cm³/mol. The molecule has 0 bridgehead atoms. The van der Waals surface area contributed by atoms with Crippen LogP contribution in [-0.2, 0) is 10.2 Å². The van der Waals surface area contributed by atoms with E-state index in [-0.39, 0.29) is 23.9 Å². The number of nitrogens with one attached hydrogen (secondary N) is 1. The number of nitrogens with two attached hydrogens (primary N) is 1. The van der Waals surface area contributed by atoms with E-state index >= 15 is 0 Å². The highest BCUT2D eigenvalue weighted by atomic mass is 16.5. The van der Waals surface area contributed by atoms with Gasteiger partial charge >= 0.3 is 0 Å². The highest BCUT2D eigenvalue weighted by Gasteiger charge is 2.61. The number of likely N-dealkylation sites (tertiary alicyclic amines) is 2. The molecule has 7 rings (SSSR count). The van der Waals surface area contributed by atoms with Crippen molar-refractivity contribution in [1.29, 1.82) is 0 Å². The fourth-order valence-corrected chi connectivity index (χ4v) is 7.76. The van der Waals surface area contributed by atoms with Gasteiger partial charge in [-0.1, -0.05) is 24.3 Å². The Kier molecular flexibility index (Phi) is 7.06. The summed E-state index contributed by atoms with van der Waals surface area (Å²) >= 11 is 0. The molecular weight excluding hydrogens is 502 g/mol. The Morgan fingerprint density at radius 1 is 1.07 bits per heavy atom. The Labute approximate surface area is 237 Å². The third kappa shape index (κ3) is 5.15. The van der Waals surface area contributed by atoms with E-state index in [9.17, 15) is 9.90 Å². The number of carbonyl (C=O) groups excluding carboxylic acids is 1. The number of aliphatic hydroxyl groups is 1. The summed E-state index contributed by atoms with van der Waals surface area (Å²) in [5.74, 6) is 1.60. The standard InChI is InChI=1S/C32H43N5O3/c33-30-29(31(39)35-26-5-7-28(38)8-6-26)13-23(15-34-30)22-1-3-24(4-2-22)32-14-25(32)17-37(20-32)27-9-11-36(12-10-27)16-21-18-40-19-21/h1-4,13,15,21,25-28,38H,5-12,14,16-20H2,(H2,33,34)(H,35,39)/t25-,26?,28?,32+/m0/s1. The first-order valence-electron chi connectivity index (χ1n) is 15.4. The van der Waals surface area contributed by atoms with Gasteiger partial charge in [0, 0.05) is 54.8 Å². The van der Waals surface area contributed by atoms with Gasteiger partial charge in [0.1, 0.15) is 5.82 Å². The summed E-state index contributed by atoms with van der Waals surface area (Å²) in [6.07, 6.45) is 8.42. The molecule has 2 aliphatic carbocycles. The number of pyridine rings is 1. The lowest BCUT2D eigenvalue weighted by molar-refractivity contribution is -0.0506. The van der Waals surface area contributed by atoms with E-state index in [0.717, 1.165) is 67.9 Å². The van der Waals surface area contributed by atoms with Crippen molar-refractivity contribution in [1.82, 2.24) is 20.1 Å². The summed E-state index contributed by atoms with van der Waals surface area (Å²) < 4.78 is 5.36. The molecule has 4 heterocycles. The zero-order valence-electron chi connectivity index (χ0n) is 23.4. The summed E-state index contributed by atoms with van der Waals surface area (Å²) in [4.78, 5) is 22.8. The van der Waals surface area contributed by atoms with Crippen molar-refractivity contribution in [3.8, 4) is 11.1 Å². The number of ether oxygens (including phenoxy) is 1. The number of rotatable bonds is 7. The minimum atomic E-state index is -0.250. The lowest BCUT2D eigenvalue weighted by atomic mass is 9.92. The highest BCUT2D eigenvalue weighted by Crippen LogP contribution is 2.59. The molecule has 1 amide bonds. The molecule has 0 radical (unpaired) electrons. The Bertz CT molecular complexity index is 1220. The van der Waals surface area contributed by atoms with Gasteiger partial charge in [-0.15, -0.1) is 0 Å². The van der Waals surface area contributed by atoms with Crippen LogP contribution in [0.5, 0.6) is 0 Å². The van der Waals surface area contributed by atoms with Crippen molar-refractivity contribution >= 4 is 11.7 Å². The van der Waals surface area contributed by atoms with Crippen molar-refractivity contribution in [2.24, 2.45) is 11.8 Å². The fourth-order valence-electron chi connectivity index (χ4n) is 7.76. The molecule has 0 spiro atoms. The van der Waals surface area contributed by atoms with Crippen molar-refractivity contribution < 1.29 is 14.6 Å². The molecule has 4 N–H and O–H groups in total. The molecule has 5 aliphatic rings. The van der Waals surface area contributed by atoms with E-state index < -0.39 is 0 Å². The van der Waals surface area contributed by atoms with E-state index in [1.807, 2.05) is 6.07 Å². The summed E-state index contributed by atoms with van der Waals surface area (Å²) in [5, 5.41) is 12.9. The fraction of sp³-hybridized carbons (Fsp3) is 0.625. The molecule has 8 nitrogen and oxygen atoms in total. The first kappa shape index (κ1) is 26.4. The first-order chi connectivity index (χ1) is 19.5. The molecule has 8 heteroatoms. The minimum absolute atomic E-state index is 0.0740. The van der Waals surface area contributed by atoms with E-state index in [1.54, 1.807) is 6.20 Å². The summed E-state index contributed by atoms with van der Waals surface area (Å²) in [6.45, 7) is 7.99. The smallest absolute Gasteiger partial charge is 0.255 e. The largest absolute Gasteiger partial charge is 0.393 e. The van der Waals surface area contributed by atoms with Crippen LogP contribution in [0.25, 0.3) is 11.1 Å². The number of aliphatic hydroxyl groups excluding tert-OH is 1. The molecule has 5 fully saturated rings. The van der Waals surface area contributed by atoms with Crippen LogP contribution in [-0.4, -0.2) is 89.9 Å². The maximum absolute atomic E-state index is 13.0. The molecule has 2 atom stereocenters. The third-order valence-electron chi connectivity index (χ3n) is 10.5. The monoisotopic (exact) mass is 545 g/mol. The first-order valence-corrected chi connectivity index (χ1v) is 15.4. The minimum Gasteiger partial charge on any atom is -0.393 e. The second-order valence-corrected chi connectivity index (χ2v) is 13.1. The average Bonchev–Trinajstić information content (AvgIpc) is 3.53. The van der Waals surface area contributed by atoms with Crippen LogP contribution in [0.15, 0.2) is 36.5 Å². The number of fused-ring (bicyclic) bond motifs is 1. The SMILES string of the molecule is Nc1ncc(-c2ccc([C@]34C[C@H]3CN(C3CCN(CC5COC5)CC3)C4)cc2)cc1C(=O)NC1CCC(O)CC1. The van der Waals surface area contributed by atoms with E-state index in [2.05, 4.69) is 44.4 Å². The Hall–Kier alpha value is -2.52. The number of anilines is 1. The van der Waals surface area contributed by atoms with E-state index in [4.69, 9.17) is 10.5 Å². The number of nitrogen functional groups attached to an aromatic ring is 1. The van der Waals surface area contributed by atoms with Crippen LogP contribution in [0.4, 0.5) is 5.82 Å². The Morgan fingerprint density at radius 2 is 1.82 bits per heavy atom. The van der Waals surface area contributed by atoms with Crippen LogP contribution >= 0.6 is 0 Å². The number of amides is 1. The Balaban J connectivity index is 0.976. The quantitative estimate of drug-likeness (QED) is 0.491. The predicted octanol–water partition coefficient (Wildman–Crippen LogP) is 3.05. The average molecular weight is 546 g/mol. The topological polar surface area (TPSA) is 104 Å². The normalized spacial score (nSPS) is 31.5. The number of aromatic nitrogens is 1.